The molecule has 0 spiro atoms. The first-order valence-electron chi connectivity index (χ1n) is 9.11. The van der Waals surface area contributed by atoms with Crippen molar-refractivity contribution in [3.63, 3.8) is 0 Å². The number of aromatic nitrogens is 2. The molecule has 0 amide bonds. The molecule has 0 fully saturated rings. The van der Waals surface area contributed by atoms with Gasteiger partial charge < -0.3 is 8.83 Å². The largest absolute Gasteiger partial charge is 0.436 e. The number of rotatable bonds is 4. The molecule has 3 aromatic carbocycles. The molecule has 0 aliphatic rings. The van der Waals surface area contributed by atoms with Crippen LogP contribution in [0.15, 0.2) is 100 Å². The maximum atomic E-state index is 13.2. The SMILES string of the molecule is Fc1ccc(-c2cnc(-c3ccccc3-c3ncc(-c4ccccc4)o3)o2)cc1. The van der Waals surface area contributed by atoms with Crippen LogP contribution in [-0.2, 0) is 0 Å². The van der Waals surface area contributed by atoms with Crippen LogP contribution in [0.25, 0.3) is 45.6 Å². The topological polar surface area (TPSA) is 52.1 Å². The molecule has 2 aromatic heterocycles. The Balaban J connectivity index is 1.53. The zero-order chi connectivity index (χ0) is 19.6. The Bertz CT molecular complexity index is 1260. The lowest BCUT2D eigenvalue weighted by Gasteiger charge is -2.03. The summed E-state index contributed by atoms with van der Waals surface area (Å²) in [7, 11) is 0. The highest BCUT2D eigenvalue weighted by Gasteiger charge is 2.17. The fourth-order valence-electron chi connectivity index (χ4n) is 3.14. The van der Waals surface area contributed by atoms with Gasteiger partial charge in [-0.3, -0.25) is 0 Å². The molecule has 0 N–H and O–H groups in total. The second-order valence-corrected chi connectivity index (χ2v) is 6.48. The summed E-state index contributed by atoms with van der Waals surface area (Å²) in [6.45, 7) is 0. The first-order valence-corrected chi connectivity index (χ1v) is 9.11. The highest BCUT2D eigenvalue weighted by Crippen LogP contribution is 2.34. The third-order valence-corrected chi connectivity index (χ3v) is 4.59. The summed E-state index contributed by atoms with van der Waals surface area (Å²) in [6.07, 6.45) is 3.34. The van der Waals surface area contributed by atoms with Gasteiger partial charge in [0, 0.05) is 22.3 Å². The lowest BCUT2D eigenvalue weighted by molar-refractivity contribution is 0.581. The third kappa shape index (κ3) is 3.34. The van der Waals surface area contributed by atoms with E-state index in [-0.39, 0.29) is 5.82 Å². The van der Waals surface area contributed by atoms with Gasteiger partial charge in [0.2, 0.25) is 11.8 Å². The van der Waals surface area contributed by atoms with Crippen molar-refractivity contribution in [3.05, 3.63) is 97.1 Å². The van der Waals surface area contributed by atoms with Crippen LogP contribution in [0.3, 0.4) is 0 Å². The standard InChI is InChI=1S/C24H15FN2O2/c25-18-12-10-17(11-13-18)22-15-27-24(29-22)20-9-5-4-8-19(20)23-26-14-21(28-23)16-6-2-1-3-7-16/h1-15H. The van der Waals surface area contributed by atoms with Crippen LogP contribution < -0.4 is 0 Å². The first-order chi connectivity index (χ1) is 14.3. The van der Waals surface area contributed by atoms with E-state index < -0.39 is 0 Å². The third-order valence-electron chi connectivity index (χ3n) is 4.59. The average molecular weight is 382 g/mol. The van der Waals surface area contributed by atoms with Crippen LogP contribution >= 0.6 is 0 Å². The summed E-state index contributed by atoms with van der Waals surface area (Å²) in [5.41, 5.74) is 3.26. The molecular formula is C24H15FN2O2. The molecule has 0 unspecified atom stereocenters. The lowest BCUT2D eigenvalue weighted by Crippen LogP contribution is -1.84. The van der Waals surface area contributed by atoms with E-state index in [0.717, 1.165) is 22.3 Å². The zero-order valence-corrected chi connectivity index (χ0v) is 15.2. The van der Waals surface area contributed by atoms with Gasteiger partial charge in [-0.15, -0.1) is 0 Å². The van der Waals surface area contributed by atoms with Gasteiger partial charge in [0.25, 0.3) is 0 Å². The quantitative estimate of drug-likeness (QED) is 0.357. The van der Waals surface area contributed by atoms with E-state index >= 15 is 0 Å². The van der Waals surface area contributed by atoms with E-state index in [9.17, 15) is 4.39 Å². The summed E-state index contributed by atoms with van der Waals surface area (Å²) < 4.78 is 25.1. The van der Waals surface area contributed by atoms with Gasteiger partial charge in [-0.1, -0.05) is 42.5 Å². The molecule has 0 saturated heterocycles. The minimum absolute atomic E-state index is 0.294. The van der Waals surface area contributed by atoms with E-state index in [1.54, 1.807) is 24.5 Å². The van der Waals surface area contributed by atoms with Gasteiger partial charge in [-0.2, -0.15) is 0 Å². The molecule has 2 heterocycles. The number of hydrogen-bond acceptors (Lipinski definition) is 4. The summed E-state index contributed by atoms with van der Waals surface area (Å²) in [5.74, 6) is 1.89. The monoisotopic (exact) mass is 382 g/mol. The minimum Gasteiger partial charge on any atom is -0.436 e. The van der Waals surface area contributed by atoms with Crippen molar-refractivity contribution >= 4 is 0 Å². The minimum atomic E-state index is -0.294. The lowest BCUT2D eigenvalue weighted by atomic mass is 10.1. The second kappa shape index (κ2) is 7.20. The molecule has 0 aliphatic carbocycles. The molecule has 0 atom stereocenters. The molecule has 0 saturated carbocycles. The van der Waals surface area contributed by atoms with Crippen molar-refractivity contribution in [2.24, 2.45) is 0 Å². The van der Waals surface area contributed by atoms with Gasteiger partial charge >= 0.3 is 0 Å². The number of halogens is 1. The molecule has 0 bridgehead atoms. The van der Waals surface area contributed by atoms with Crippen LogP contribution in [0.4, 0.5) is 4.39 Å². The van der Waals surface area contributed by atoms with E-state index in [1.165, 1.54) is 12.1 Å². The Labute approximate surface area is 166 Å². The van der Waals surface area contributed by atoms with Gasteiger partial charge in [-0.25, -0.2) is 14.4 Å². The van der Waals surface area contributed by atoms with Gasteiger partial charge in [0.05, 0.1) is 12.4 Å². The van der Waals surface area contributed by atoms with Crippen LogP contribution in [-0.4, -0.2) is 9.97 Å². The maximum absolute atomic E-state index is 13.2. The number of oxazole rings is 2. The molecule has 5 rings (SSSR count). The number of hydrogen-bond donors (Lipinski definition) is 0. The van der Waals surface area contributed by atoms with Crippen molar-refractivity contribution in [1.82, 2.24) is 9.97 Å². The number of nitrogens with zero attached hydrogens (tertiary/aromatic N) is 2. The van der Waals surface area contributed by atoms with E-state index in [0.29, 0.717) is 23.3 Å². The Kier molecular flexibility index (Phi) is 4.26. The fourth-order valence-corrected chi connectivity index (χ4v) is 3.14. The Morgan fingerprint density at radius 1 is 0.552 bits per heavy atom. The van der Waals surface area contributed by atoms with E-state index in [4.69, 9.17) is 8.83 Å². The normalized spacial score (nSPS) is 10.9. The van der Waals surface area contributed by atoms with Gasteiger partial charge in [0.1, 0.15) is 5.82 Å². The summed E-state index contributed by atoms with van der Waals surface area (Å²) in [4.78, 5) is 8.85. The Morgan fingerprint density at radius 2 is 1.03 bits per heavy atom. The van der Waals surface area contributed by atoms with Crippen molar-refractivity contribution in [2.75, 3.05) is 0 Å². The smallest absolute Gasteiger partial charge is 0.227 e. The van der Waals surface area contributed by atoms with Crippen LogP contribution in [0, 0.1) is 5.82 Å². The van der Waals surface area contributed by atoms with E-state index in [1.807, 2.05) is 54.6 Å². The summed E-state index contributed by atoms with van der Waals surface area (Å²) in [6, 6.07) is 23.5. The highest BCUT2D eigenvalue weighted by molar-refractivity contribution is 5.77. The first kappa shape index (κ1) is 17.1. The van der Waals surface area contributed by atoms with Crippen molar-refractivity contribution < 1.29 is 13.2 Å². The van der Waals surface area contributed by atoms with Crippen molar-refractivity contribution in [1.29, 1.82) is 0 Å². The molecule has 29 heavy (non-hydrogen) atoms. The molecule has 140 valence electrons. The average Bonchev–Trinajstić information content (AvgIpc) is 3.45. The van der Waals surface area contributed by atoms with Gasteiger partial charge in [0.15, 0.2) is 11.5 Å². The van der Waals surface area contributed by atoms with E-state index in [2.05, 4.69) is 9.97 Å². The van der Waals surface area contributed by atoms with Crippen LogP contribution in [0.1, 0.15) is 0 Å². The predicted octanol–water partition coefficient (Wildman–Crippen LogP) is 6.47. The number of benzene rings is 3. The van der Waals surface area contributed by atoms with Crippen molar-refractivity contribution in [2.45, 2.75) is 0 Å². The molecule has 0 aliphatic heterocycles. The Hall–Kier alpha value is -3.99. The highest BCUT2D eigenvalue weighted by atomic mass is 19.1. The molecule has 0 radical (unpaired) electrons. The molecule has 5 heteroatoms. The van der Waals surface area contributed by atoms with Crippen LogP contribution in [0.5, 0.6) is 0 Å². The maximum Gasteiger partial charge on any atom is 0.227 e. The Morgan fingerprint density at radius 3 is 1.59 bits per heavy atom. The van der Waals surface area contributed by atoms with Crippen LogP contribution in [0.2, 0.25) is 0 Å². The summed E-state index contributed by atoms with van der Waals surface area (Å²) in [5, 5.41) is 0. The second-order valence-electron chi connectivity index (χ2n) is 6.48. The molecule has 4 nitrogen and oxygen atoms in total. The molecule has 5 aromatic rings. The zero-order valence-electron chi connectivity index (χ0n) is 15.2. The van der Waals surface area contributed by atoms with Crippen molar-refractivity contribution in [3.8, 4) is 45.6 Å². The summed E-state index contributed by atoms with van der Waals surface area (Å²) >= 11 is 0. The van der Waals surface area contributed by atoms with Gasteiger partial charge in [-0.05, 0) is 36.4 Å². The molecular weight excluding hydrogens is 367 g/mol. The predicted molar refractivity (Wildman–Crippen MR) is 108 cm³/mol. The fraction of sp³-hybridized carbons (Fsp3) is 0.